The van der Waals surface area contributed by atoms with Crippen molar-refractivity contribution in [3.63, 3.8) is 0 Å². The van der Waals surface area contributed by atoms with E-state index in [4.69, 9.17) is 4.74 Å². The lowest BCUT2D eigenvalue weighted by Gasteiger charge is -2.19. The van der Waals surface area contributed by atoms with E-state index in [0.29, 0.717) is 25.3 Å². The van der Waals surface area contributed by atoms with Crippen molar-refractivity contribution in [1.29, 1.82) is 0 Å². The van der Waals surface area contributed by atoms with E-state index in [1.807, 2.05) is 6.92 Å². The number of likely N-dealkylation sites (N-methyl/N-ethyl adjacent to an activating group) is 1. The highest BCUT2D eigenvalue weighted by Crippen LogP contribution is 1.95. The van der Waals surface area contributed by atoms with Crippen molar-refractivity contribution in [1.82, 2.24) is 4.90 Å². The molecule has 0 aliphatic heterocycles. The second-order valence-electron chi connectivity index (χ2n) is 2.44. The van der Waals surface area contributed by atoms with E-state index < -0.39 is 0 Å². The Labute approximate surface area is 79.5 Å². The average Bonchev–Trinajstić information content (AvgIpc) is 2.06. The van der Waals surface area contributed by atoms with Gasteiger partial charge in [-0.15, -0.1) is 0 Å². The largest absolute Gasteiger partial charge is 0.383 e. The normalized spacial score (nSPS) is 9.92. The van der Waals surface area contributed by atoms with Gasteiger partial charge in [0.25, 0.3) is 0 Å². The number of ether oxygens (including phenoxy) is 1. The van der Waals surface area contributed by atoms with Gasteiger partial charge in [0.05, 0.1) is 6.61 Å². The van der Waals surface area contributed by atoms with E-state index in [1.54, 1.807) is 12.0 Å². The lowest BCUT2D eigenvalue weighted by Crippen LogP contribution is -2.33. The smallest absolute Gasteiger partial charge is 0.223 e. The minimum atomic E-state index is 0.157. The maximum Gasteiger partial charge on any atom is 0.223 e. The summed E-state index contributed by atoms with van der Waals surface area (Å²) in [6, 6.07) is 0. The van der Waals surface area contributed by atoms with Crippen LogP contribution in [0.5, 0.6) is 0 Å². The number of hydrogen-bond acceptors (Lipinski definition) is 3. The van der Waals surface area contributed by atoms with Crippen LogP contribution < -0.4 is 0 Å². The van der Waals surface area contributed by atoms with Gasteiger partial charge in [0.1, 0.15) is 0 Å². The molecule has 0 radical (unpaired) electrons. The summed E-state index contributed by atoms with van der Waals surface area (Å²) >= 11 is 4.01. The van der Waals surface area contributed by atoms with E-state index in [9.17, 15) is 4.79 Å². The molecule has 12 heavy (non-hydrogen) atoms. The van der Waals surface area contributed by atoms with Crippen LogP contribution in [0.3, 0.4) is 0 Å². The fourth-order valence-corrected chi connectivity index (χ4v) is 1.11. The molecule has 0 heterocycles. The van der Waals surface area contributed by atoms with E-state index in [0.717, 1.165) is 6.54 Å². The quantitative estimate of drug-likeness (QED) is 0.629. The standard InChI is InChI=1S/C8H17NO2S/c1-3-9(5-6-11-2)8(10)4-7-12/h12H,3-7H2,1-2H3. The molecule has 1 amide bonds. The first-order chi connectivity index (χ1) is 5.76. The van der Waals surface area contributed by atoms with E-state index >= 15 is 0 Å². The maximum absolute atomic E-state index is 11.3. The first kappa shape index (κ1) is 11.8. The zero-order valence-corrected chi connectivity index (χ0v) is 8.64. The van der Waals surface area contributed by atoms with Crippen LogP contribution in [0.4, 0.5) is 0 Å². The molecule has 3 nitrogen and oxygen atoms in total. The van der Waals surface area contributed by atoms with Gasteiger partial charge >= 0.3 is 0 Å². The highest BCUT2D eigenvalue weighted by molar-refractivity contribution is 7.80. The van der Waals surface area contributed by atoms with Crippen molar-refractivity contribution in [3.05, 3.63) is 0 Å². The van der Waals surface area contributed by atoms with Crippen LogP contribution in [0.25, 0.3) is 0 Å². The average molecular weight is 191 g/mol. The third-order valence-electron chi connectivity index (χ3n) is 1.63. The summed E-state index contributed by atoms with van der Waals surface area (Å²) in [5.41, 5.74) is 0. The minimum Gasteiger partial charge on any atom is -0.383 e. The predicted molar refractivity (Wildman–Crippen MR) is 52.6 cm³/mol. The predicted octanol–water partition coefficient (Wildman–Crippen LogP) is 0.801. The van der Waals surface area contributed by atoms with Crippen LogP contribution in [-0.4, -0.2) is 43.4 Å². The molecule has 0 saturated heterocycles. The summed E-state index contributed by atoms with van der Waals surface area (Å²) in [4.78, 5) is 13.1. The Kier molecular flexibility index (Phi) is 7.29. The fourth-order valence-electron chi connectivity index (χ4n) is 0.914. The topological polar surface area (TPSA) is 29.5 Å². The van der Waals surface area contributed by atoms with Crippen molar-refractivity contribution >= 4 is 18.5 Å². The second kappa shape index (κ2) is 7.43. The Morgan fingerprint density at radius 2 is 2.25 bits per heavy atom. The molecule has 0 fully saturated rings. The number of nitrogens with zero attached hydrogens (tertiary/aromatic N) is 1. The van der Waals surface area contributed by atoms with Gasteiger partial charge in [0.2, 0.25) is 5.91 Å². The fraction of sp³-hybridized carbons (Fsp3) is 0.875. The van der Waals surface area contributed by atoms with Gasteiger partial charge in [-0.3, -0.25) is 4.79 Å². The lowest BCUT2D eigenvalue weighted by molar-refractivity contribution is -0.131. The summed E-state index contributed by atoms with van der Waals surface area (Å²) in [5.74, 6) is 0.770. The molecule has 0 unspecified atom stereocenters. The molecule has 0 N–H and O–H groups in total. The van der Waals surface area contributed by atoms with Gasteiger partial charge in [0, 0.05) is 26.6 Å². The van der Waals surface area contributed by atoms with Gasteiger partial charge < -0.3 is 9.64 Å². The minimum absolute atomic E-state index is 0.157. The maximum atomic E-state index is 11.3. The summed E-state index contributed by atoms with van der Waals surface area (Å²) in [6.45, 7) is 3.99. The molecule has 0 saturated carbocycles. The van der Waals surface area contributed by atoms with Gasteiger partial charge in [-0.25, -0.2) is 0 Å². The van der Waals surface area contributed by atoms with E-state index in [2.05, 4.69) is 12.6 Å². The van der Waals surface area contributed by atoms with Crippen LogP contribution in [0, 0.1) is 0 Å². The Bertz CT molecular complexity index is 130. The molecule has 0 aromatic rings. The highest BCUT2D eigenvalue weighted by Gasteiger charge is 2.08. The van der Waals surface area contributed by atoms with Crippen LogP contribution in [-0.2, 0) is 9.53 Å². The zero-order chi connectivity index (χ0) is 9.40. The van der Waals surface area contributed by atoms with Gasteiger partial charge in [-0.2, -0.15) is 12.6 Å². The number of thiol groups is 1. The summed E-state index contributed by atoms with van der Waals surface area (Å²) in [6.07, 6.45) is 0.515. The van der Waals surface area contributed by atoms with E-state index in [1.165, 1.54) is 0 Å². The second-order valence-corrected chi connectivity index (χ2v) is 2.89. The lowest BCUT2D eigenvalue weighted by atomic mass is 10.4. The molecule has 4 heteroatoms. The molecule has 0 bridgehead atoms. The van der Waals surface area contributed by atoms with Crippen molar-refractivity contribution in [2.24, 2.45) is 0 Å². The number of carbonyl (C=O) groups excluding carboxylic acids is 1. The van der Waals surface area contributed by atoms with Crippen molar-refractivity contribution in [2.75, 3.05) is 32.6 Å². The molecular formula is C8H17NO2S. The first-order valence-electron chi connectivity index (χ1n) is 4.13. The number of rotatable bonds is 6. The van der Waals surface area contributed by atoms with Crippen molar-refractivity contribution in [3.8, 4) is 0 Å². The molecular weight excluding hydrogens is 174 g/mol. The third kappa shape index (κ3) is 4.62. The molecule has 0 aliphatic carbocycles. The Hall–Kier alpha value is -0.220. The molecule has 0 aromatic carbocycles. The highest BCUT2D eigenvalue weighted by atomic mass is 32.1. The Morgan fingerprint density at radius 3 is 2.67 bits per heavy atom. The Balaban J connectivity index is 3.71. The number of amides is 1. The third-order valence-corrected chi connectivity index (χ3v) is 1.85. The zero-order valence-electron chi connectivity index (χ0n) is 7.75. The molecule has 72 valence electrons. The van der Waals surface area contributed by atoms with Crippen LogP contribution in [0.15, 0.2) is 0 Å². The number of methoxy groups -OCH3 is 1. The van der Waals surface area contributed by atoms with Crippen LogP contribution in [0.1, 0.15) is 13.3 Å². The van der Waals surface area contributed by atoms with E-state index in [-0.39, 0.29) is 5.91 Å². The number of hydrogen-bond donors (Lipinski definition) is 1. The summed E-state index contributed by atoms with van der Waals surface area (Å²) in [7, 11) is 1.64. The summed E-state index contributed by atoms with van der Waals surface area (Å²) in [5, 5.41) is 0. The molecule has 0 aromatic heterocycles. The van der Waals surface area contributed by atoms with Gasteiger partial charge in [0.15, 0.2) is 0 Å². The van der Waals surface area contributed by atoms with Crippen molar-refractivity contribution in [2.45, 2.75) is 13.3 Å². The monoisotopic (exact) mass is 191 g/mol. The SMILES string of the molecule is CCN(CCOC)C(=O)CCS. The van der Waals surface area contributed by atoms with Crippen LogP contribution >= 0.6 is 12.6 Å². The van der Waals surface area contributed by atoms with Gasteiger partial charge in [-0.05, 0) is 12.7 Å². The summed E-state index contributed by atoms with van der Waals surface area (Å²) < 4.78 is 4.89. The number of carbonyl (C=O) groups is 1. The molecule has 0 rings (SSSR count). The van der Waals surface area contributed by atoms with Crippen molar-refractivity contribution < 1.29 is 9.53 Å². The van der Waals surface area contributed by atoms with Gasteiger partial charge in [-0.1, -0.05) is 0 Å². The molecule has 0 atom stereocenters. The molecule has 0 spiro atoms. The van der Waals surface area contributed by atoms with Crippen LogP contribution in [0.2, 0.25) is 0 Å². The first-order valence-corrected chi connectivity index (χ1v) is 4.77. The molecule has 0 aliphatic rings. The Morgan fingerprint density at radius 1 is 1.58 bits per heavy atom.